The molecule has 0 aliphatic heterocycles. The minimum absolute atomic E-state index is 0.178. The van der Waals surface area contributed by atoms with Crippen LogP contribution in [0, 0.1) is 12.7 Å². The maximum atomic E-state index is 13.5. The molecular weight excluding hydrogens is 255 g/mol. The van der Waals surface area contributed by atoms with Gasteiger partial charge >= 0.3 is 0 Å². The molecule has 0 bridgehead atoms. The van der Waals surface area contributed by atoms with Crippen molar-refractivity contribution in [3.8, 4) is 0 Å². The predicted molar refractivity (Wildman–Crippen MR) is 70.7 cm³/mol. The second kappa shape index (κ2) is 5.62. The zero-order chi connectivity index (χ0) is 12.3. The van der Waals surface area contributed by atoms with Crippen molar-refractivity contribution in [1.82, 2.24) is 4.98 Å². The molecule has 0 atom stereocenters. The fraction of sp³-hybridized carbons (Fsp3) is 0.250. The van der Waals surface area contributed by atoms with Crippen molar-refractivity contribution >= 4 is 23.1 Å². The minimum atomic E-state index is -0.178. The summed E-state index contributed by atoms with van der Waals surface area (Å²) in [5, 5.41) is 2.00. The fourth-order valence-electron chi connectivity index (χ4n) is 1.40. The highest BCUT2D eigenvalue weighted by Crippen LogP contribution is 2.27. The van der Waals surface area contributed by atoms with E-state index in [0.29, 0.717) is 17.9 Å². The molecule has 0 radical (unpaired) electrons. The summed E-state index contributed by atoms with van der Waals surface area (Å²) in [6, 6.07) is 5.02. The molecule has 5 heteroatoms. The van der Waals surface area contributed by atoms with Gasteiger partial charge in [-0.1, -0.05) is 23.9 Å². The number of halogens is 1. The number of benzene rings is 1. The van der Waals surface area contributed by atoms with Crippen LogP contribution < -0.4 is 5.73 Å². The van der Waals surface area contributed by atoms with Crippen LogP contribution >= 0.6 is 23.1 Å². The van der Waals surface area contributed by atoms with Crippen LogP contribution in [0.3, 0.4) is 0 Å². The van der Waals surface area contributed by atoms with Gasteiger partial charge in [-0.15, -0.1) is 11.3 Å². The van der Waals surface area contributed by atoms with E-state index in [2.05, 4.69) is 4.98 Å². The number of nitrogens with two attached hydrogens (primary N) is 1. The molecule has 0 fully saturated rings. The summed E-state index contributed by atoms with van der Waals surface area (Å²) in [6.07, 6.45) is 0. The number of rotatable bonds is 4. The standard InChI is InChI=1S/C12H13FN2S2/c1-8-6-16-12(15-8)17-7-10-4-9(5-14)2-3-11(10)13/h2-4,6H,5,7,14H2,1H3. The molecule has 2 nitrogen and oxygen atoms in total. The molecule has 0 aliphatic rings. The van der Waals surface area contributed by atoms with Crippen molar-refractivity contribution in [2.75, 3.05) is 0 Å². The Bertz CT molecular complexity index is 511. The average Bonchev–Trinajstić information content (AvgIpc) is 2.74. The topological polar surface area (TPSA) is 38.9 Å². The summed E-state index contributed by atoms with van der Waals surface area (Å²) in [6.45, 7) is 2.39. The normalized spacial score (nSPS) is 10.8. The minimum Gasteiger partial charge on any atom is -0.326 e. The Kier molecular flexibility index (Phi) is 4.15. The summed E-state index contributed by atoms with van der Waals surface area (Å²) in [4.78, 5) is 4.33. The van der Waals surface area contributed by atoms with E-state index in [1.165, 1.54) is 6.07 Å². The van der Waals surface area contributed by atoms with E-state index < -0.39 is 0 Å². The highest BCUT2D eigenvalue weighted by atomic mass is 32.2. The molecule has 0 unspecified atom stereocenters. The van der Waals surface area contributed by atoms with E-state index in [1.807, 2.05) is 18.4 Å². The first-order valence-corrected chi connectivity index (χ1v) is 7.08. The largest absolute Gasteiger partial charge is 0.326 e. The number of aryl methyl sites for hydroxylation is 1. The third-order valence-corrected chi connectivity index (χ3v) is 4.48. The van der Waals surface area contributed by atoms with E-state index in [0.717, 1.165) is 15.6 Å². The smallest absolute Gasteiger partial charge is 0.150 e. The van der Waals surface area contributed by atoms with E-state index in [-0.39, 0.29) is 5.82 Å². The molecule has 0 saturated carbocycles. The lowest BCUT2D eigenvalue weighted by Gasteiger charge is -2.04. The van der Waals surface area contributed by atoms with Crippen LogP contribution in [0.1, 0.15) is 16.8 Å². The van der Waals surface area contributed by atoms with Crippen molar-refractivity contribution < 1.29 is 4.39 Å². The van der Waals surface area contributed by atoms with Gasteiger partial charge in [0.25, 0.3) is 0 Å². The van der Waals surface area contributed by atoms with E-state index >= 15 is 0 Å². The quantitative estimate of drug-likeness (QED) is 0.864. The van der Waals surface area contributed by atoms with Gasteiger partial charge in [0.15, 0.2) is 0 Å². The third kappa shape index (κ3) is 3.28. The summed E-state index contributed by atoms with van der Waals surface area (Å²) in [5.41, 5.74) is 8.19. The molecule has 0 aliphatic carbocycles. The van der Waals surface area contributed by atoms with Gasteiger partial charge in [0.2, 0.25) is 0 Å². The maximum absolute atomic E-state index is 13.5. The summed E-state index contributed by atoms with van der Waals surface area (Å²) in [7, 11) is 0. The van der Waals surface area contributed by atoms with E-state index in [9.17, 15) is 4.39 Å². The number of thioether (sulfide) groups is 1. The van der Waals surface area contributed by atoms with Crippen molar-refractivity contribution in [3.63, 3.8) is 0 Å². The Balaban J connectivity index is 2.07. The van der Waals surface area contributed by atoms with Gasteiger partial charge in [-0.05, 0) is 24.1 Å². The second-order valence-corrected chi connectivity index (χ2v) is 5.75. The van der Waals surface area contributed by atoms with Crippen molar-refractivity contribution in [2.24, 2.45) is 5.73 Å². The van der Waals surface area contributed by atoms with Crippen LogP contribution in [0.2, 0.25) is 0 Å². The van der Waals surface area contributed by atoms with E-state index in [4.69, 9.17) is 5.73 Å². The lowest BCUT2D eigenvalue weighted by molar-refractivity contribution is 0.616. The SMILES string of the molecule is Cc1csc(SCc2cc(CN)ccc2F)n1. The van der Waals surface area contributed by atoms with Gasteiger partial charge in [0, 0.05) is 23.4 Å². The Hall–Kier alpha value is -0.910. The summed E-state index contributed by atoms with van der Waals surface area (Å²) in [5.74, 6) is 0.412. The molecule has 0 amide bonds. The molecule has 1 aromatic carbocycles. The number of nitrogens with zero attached hydrogens (tertiary/aromatic N) is 1. The van der Waals surface area contributed by atoms with E-state index in [1.54, 1.807) is 29.2 Å². The highest BCUT2D eigenvalue weighted by molar-refractivity contribution is 8.00. The molecule has 2 rings (SSSR count). The Morgan fingerprint density at radius 3 is 2.94 bits per heavy atom. The van der Waals surface area contributed by atoms with Gasteiger partial charge in [0.1, 0.15) is 10.2 Å². The Morgan fingerprint density at radius 2 is 2.29 bits per heavy atom. The fourth-order valence-corrected chi connectivity index (χ4v) is 3.23. The van der Waals surface area contributed by atoms with Gasteiger partial charge in [0.05, 0.1) is 0 Å². The van der Waals surface area contributed by atoms with Gasteiger partial charge in [-0.2, -0.15) is 0 Å². The van der Waals surface area contributed by atoms with Gasteiger partial charge in [-0.25, -0.2) is 9.37 Å². The molecule has 1 aromatic heterocycles. The molecule has 90 valence electrons. The predicted octanol–water partition coefficient (Wildman–Crippen LogP) is 3.34. The number of aromatic nitrogens is 1. The van der Waals surface area contributed by atoms with Crippen molar-refractivity contribution in [1.29, 1.82) is 0 Å². The van der Waals surface area contributed by atoms with Gasteiger partial charge < -0.3 is 5.73 Å². The molecule has 0 saturated heterocycles. The molecular formula is C12H13FN2S2. The van der Waals surface area contributed by atoms with Crippen molar-refractivity contribution in [3.05, 3.63) is 46.2 Å². The molecule has 0 spiro atoms. The number of thiazole rings is 1. The Labute approximate surface area is 108 Å². The molecule has 2 aromatic rings. The monoisotopic (exact) mass is 268 g/mol. The average molecular weight is 268 g/mol. The van der Waals surface area contributed by atoms with Crippen LogP contribution in [0.4, 0.5) is 4.39 Å². The van der Waals surface area contributed by atoms with Crippen LogP contribution in [-0.2, 0) is 12.3 Å². The Morgan fingerprint density at radius 1 is 1.47 bits per heavy atom. The van der Waals surface area contributed by atoms with Crippen LogP contribution in [0.15, 0.2) is 27.9 Å². The third-order valence-electron chi connectivity index (χ3n) is 2.29. The lowest BCUT2D eigenvalue weighted by Crippen LogP contribution is -1.98. The zero-order valence-corrected chi connectivity index (χ0v) is 11.1. The number of hydrogen-bond acceptors (Lipinski definition) is 4. The van der Waals surface area contributed by atoms with Crippen LogP contribution in [0.5, 0.6) is 0 Å². The van der Waals surface area contributed by atoms with Crippen LogP contribution in [-0.4, -0.2) is 4.98 Å². The summed E-state index contributed by atoms with van der Waals surface area (Å²) < 4.78 is 14.5. The molecule has 1 heterocycles. The first kappa shape index (κ1) is 12.5. The molecule has 2 N–H and O–H groups in total. The first-order valence-electron chi connectivity index (χ1n) is 5.21. The van der Waals surface area contributed by atoms with Gasteiger partial charge in [-0.3, -0.25) is 0 Å². The zero-order valence-electron chi connectivity index (χ0n) is 9.44. The highest BCUT2D eigenvalue weighted by Gasteiger charge is 2.06. The maximum Gasteiger partial charge on any atom is 0.150 e. The summed E-state index contributed by atoms with van der Waals surface area (Å²) >= 11 is 3.14. The van der Waals surface area contributed by atoms with Crippen molar-refractivity contribution in [2.45, 2.75) is 23.6 Å². The first-order chi connectivity index (χ1) is 8.19. The lowest BCUT2D eigenvalue weighted by atomic mass is 10.1. The van der Waals surface area contributed by atoms with Crippen LogP contribution in [0.25, 0.3) is 0 Å². The number of hydrogen-bond donors (Lipinski definition) is 1. The second-order valence-electron chi connectivity index (χ2n) is 3.67. The molecule has 17 heavy (non-hydrogen) atoms.